The van der Waals surface area contributed by atoms with Gasteiger partial charge >= 0.3 is 0 Å². The third-order valence-corrected chi connectivity index (χ3v) is 3.71. The molecule has 2 aliphatic rings. The first-order chi connectivity index (χ1) is 9.26. The first-order valence-corrected chi connectivity index (χ1v) is 6.48. The molecule has 3 rings (SSSR count). The molecule has 1 amide bonds. The summed E-state index contributed by atoms with van der Waals surface area (Å²) in [5.41, 5.74) is 4.17. The molecule has 1 fully saturated rings. The van der Waals surface area contributed by atoms with Crippen LogP contribution in [-0.4, -0.2) is 47.3 Å². The van der Waals surface area contributed by atoms with E-state index in [1.807, 2.05) is 6.07 Å². The Morgan fingerprint density at radius 1 is 1.58 bits per heavy atom. The smallest absolute Gasteiger partial charge is 0.276 e. The number of carbonyl (C=O) groups excluding carboxylic acids is 1. The monoisotopic (exact) mass is 263 g/mol. The number of nitrogens with one attached hydrogen (secondary N) is 1. The highest BCUT2D eigenvalue weighted by molar-refractivity contribution is 5.93. The number of hydroxylamine groups is 1. The molecule has 0 unspecified atom stereocenters. The quantitative estimate of drug-likeness (QED) is 0.602. The Morgan fingerprint density at radius 2 is 2.42 bits per heavy atom. The fraction of sp³-hybridized carbons (Fsp3) is 0.538. The number of pyridine rings is 1. The van der Waals surface area contributed by atoms with Gasteiger partial charge in [-0.1, -0.05) is 0 Å². The molecule has 102 valence electrons. The molecule has 2 N–H and O–H groups in total. The van der Waals surface area contributed by atoms with E-state index < -0.39 is 5.91 Å². The zero-order chi connectivity index (χ0) is 13.2. The van der Waals surface area contributed by atoms with Crippen LogP contribution in [-0.2, 0) is 17.7 Å². The number of fused-ring (bicyclic) bond motifs is 1. The summed E-state index contributed by atoms with van der Waals surface area (Å²) in [6.07, 6.45) is 2.42. The molecule has 0 saturated carbocycles. The van der Waals surface area contributed by atoms with E-state index in [0.29, 0.717) is 11.5 Å². The second kappa shape index (κ2) is 5.24. The van der Waals surface area contributed by atoms with Gasteiger partial charge in [0.2, 0.25) is 0 Å². The lowest BCUT2D eigenvalue weighted by molar-refractivity contribution is -0.0480. The molecule has 0 aliphatic carbocycles. The van der Waals surface area contributed by atoms with Crippen molar-refractivity contribution in [1.29, 1.82) is 0 Å². The molecule has 6 nitrogen and oxygen atoms in total. The largest absolute Gasteiger partial charge is 0.381 e. The van der Waals surface area contributed by atoms with Crippen molar-refractivity contribution in [3.63, 3.8) is 0 Å². The van der Waals surface area contributed by atoms with Crippen LogP contribution in [0.25, 0.3) is 0 Å². The molecule has 6 heteroatoms. The average molecular weight is 263 g/mol. The van der Waals surface area contributed by atoms with E-state index in [1.54, 1.807) is 5.48 Å². The SMILES string of the molecule is O=C(NO)c1cnc2c(c1)CN(CC1COC1)CC2. The second-order valence-corrected chi connectivity index (χ2v) is 5.16. The average Bonchev–Trinajstić information content (AvgIpc) is 2.41. The van der Waals surface area contributed by atoms with Crippen LogP contribution in [0.5, 0.6) is 0 Å². The van der Waals surface area contributed by atoms with Gasteiger partial charge in [0.15, 0.2) is 0 Å². The Hall–Kier alpha value is -1.50. The van der Waals surface area contributed by atoms with Crippen LogP contribution >= 0.6 is 0 Å². The van der Waals surface area contributed by atoms with Crippen molar-refractivity contribution < 1.29 is 14.7 Å². The molecular weight excluding hydrogens is 246 g/mol. The molecule has 1 saturated heterocycles. The van der Waals surface area contributed by atoms with Crippen molar-refractivity contribution in [3.05, 3.63) is 29.1 Å². The number of nitrogens with zero attached hydrogens (tertiary/aromatic N) is 2. The molecule has 0 spiro atoms. The van der Waals surface area contributed by atoms with Gasteiger partial charge in [-0.25, -0.2) is 5.48 Å². The summed E-state index contributed by atoms with van der Waals surface area (Å²) in [5, 5.41) is 8.65. The number of hydrogen-bond donors (Lipinski definition) is 2. The third-order valence-electron chi connectivity index (χ3n) is 3.71. The Bertz CT molecular complexity index is 488. The molecule has 1 aromatic heterocycles. The highest BCUT2D eigenvalue weighted by Crippen LogP contribution is 2.21. The Morgan fingerprint density at radius 3 is 3.11 bits per heavy atom. The van der Waals surface area contributed by atoms with E-state index in [2.05, 4.69) is 9.88 Å². The first-order valence-electron chi connectivity index (χ1n) is 6.48. The van der Waals surface area contributed by atoms with Gasteiger partial charge in [0, 0.05) is 43.9 Å². The summed E-state index contributed by atoms with van der Waals surface area (Å²) >= 11 is 0. The highest BCUT2D eigenvalue weighted by atomic mass is 16.5. The number of amides is 1. The minimum Gasteiger partial charge on any atom is -0.381 e. The summed E-state index contributed by atoms with van der Waals surface area (Å²) in [7, 11) is 0. The zero-order valence-electron chi connectivity index (χ0n) is 10.6. The van der Waals surface area contributed by atoms with E-state index in [-0.39, 0.29) is 0 Å². The van der Waals surface area contributed by atoms with Crippen molar-refractivity contribution in [2.75, 3.05) is 26.3 Å². The van der Waals surface area contributed by atoms with E-state index in [9.17, 15) is 4.79 Å². The van der Waals surface area contributed by atoms with E-state index in [0.717, 1.165) is 50.5 Å². The molecule has 0 bridgehead atoms. The maximum Gasteiger partial charge on any atom is 0.276 e. The molecular formula is C13H17N3O3. The second-order valence-electron chi connectivity index (χ2n) is 5.16. The standard InChI is InChI=1S/C13H17N3O3/c17-13(15-18)10-3-11-6-16(5-9-7-19-8-9)2-1-12(11)14-4-10/h3-4,9,18H,1-2,5-8H2,(H,15,17). The summed E-state index contributed by atoms with van der Waals surface area (Å²) in [6.45, 7) is 4.56. The number of hydrogen-bond acceptors (Lipinski definition) is 5. The maximum absolute atomic E-state index is 11.4. The van der Waals surface area contributed by atoms with Crippen LogP contribution in [0, 0.1) is 5.92 Å². The summed E-state index contributed by atoms with van der Waals surface area (Å²) < 4.78 is 5.19. The van der Waals surface area contributed by atoms with Crippen molar-refractivity contribution in [2.45, 2.75) is 13.0 Å². The van der Waals surface area contributed by atoms with E-state index in [4.69, 9.17) is 9.94 Å². The fourth-order valence-electron chi connectivity index (χ4n) is 2.58. The van der Waals surface area contributed by atoms with Crippen LogP contribution in [0.3, 0.4) is 0 Å². The molecule has 2 aliphatic heterocycles. The topological polar surface area (TPSA) is 74.7 Å². The zero-order valence-corrected chi connectivity index (χ0v) is 10.6. The molecule has 0 radical (unpaired) electrons. The Balaban J connectivity index is 1.72. The lowest BCUT2D eigenvalue weighted by atomic mass is 10.0. The van der Waals surface area contributed by atoms with Crippen molar-refractivity contribution in [2.24, 2.45) is 5.92 Å². The minimum atomic E-state index is -0.514. The van der Waals surface area contributed by atoms with Crippen molar-refractivity contribution in [3.8, 4) is 0 Å². The predicted octanol–water partition coefficient (Wildman–Crippen LogP) is 0.205. The van der Waals surface area contributed by atoms with Gasteiger partial charge in [0.05, 0.1) is 18.8 Å². The van der Waals surface area contributed by atoms with Gasteiger partial charge < -0.3 is 4.74 Å². The van der Waals surface area contributed by atoms with Crippen molar-refractivity contribution in [1.82, 2.24) is 15.4 Å². The van der Waals surface area contributed by atoms with Gasteiger partial charge in [-0.2, -0.15) is 0 Å². The van der Waals surface area contributed by atoms with Gasteiger partial charge in [0.1, 0.15) is 0 Å². The van der Waals surface area contributed by atoms with Crippen LogP contribution in [0.4, 0.5) is 0 Å². The summed E-state index contributed by atoms with van der Waals surface area (Å²) in [6, 6.07) is 1.82. The van der Waals surface area contributed by atoms with Crippen LogP contribution in [0.2, 0.25) is 0 Å². The van der Waals surface area contributed by atoms with Crippen LogP contribution < -0.4 is 5.48 Å². The van der Waals surface area contributed by atoms with E-state index >= 15 is 0 Å². The van der Waals surface area contributed by atoms with Crippen LogP contribution in [0.15, 0.2) is 12.3 Å². The fourth-order valence-corrected chi connectivity index (χ4v) is 2.58. The number of aromatic nitrogens is 1. The molecule has 0 atom stereocenters. The molecule has 1 aromatic rings. The van der Waals surface area contributed by atoms with Gasteiger partial charge in [-0.05, 0) is 11.6 Å². The molecule has 0 aromatic carbocycles. The molecule has 19 heavy (non-hydrogen) atoms. The van der Waals surface area contributed by atoms with Crippen molar-refractivity contribution >= 4 is 5.91 Å². The number of ether oxygens (including phenoxy) is 1. The summed E-state index contributed by atoms with van der Waals surface area (Å²) in [5.74, 6) is 0.123. The first kappa shape index (κ1) is 12.5. The van der Waals surface area contributed by atoms with Gasteiger partial charge in [-0.3, -0.25) is 19.9 Å². The Labute approximate surface area is 111 Å². The lowest BCUT2D eigenvalue weighted by Crippen LogP contribution is -2.41. The maximum atomic E-state index is 11.4. The third kappa shape index (κ3) is 2.60. The van der Waals surface area contributed by atoms with Gasteiger partial charge in [0.25, 0.3) is 5.91 Å². The normalized spacial score (nSPS) is 19.6. The van der Waals surface area contributed by atoms with Crippen LogP contribution in [0.1, 0.15) is 21.6 Å². The predicted molar refractivity (Wildman–Crippen MR) is 66.8 cm³/mol. The van der Waals surface area contributed by atoms with Gasteiger partial charge in [-0.15, -0.1) is 0 Å². The minimum absolute atomic E-state index is 0.398. The molecule has 3 heterocycles. The number of rotatable bonds is 3. The lowest BCUT2D eigenvalue weighted by Gasteiger charge is -2.34. The number of carbonyl (C=O) groups is 1. The summed E-state index contributed by atoms with van der Waals surface area (Å²) in [4.78, 5) is 18.1. The van der Waals surface area contributed by atoms with E-state index in [1.165, 1.54) is 6.20 Å². The Kier molecular flexibility index (Phi) is 3.46. The highest BCUT2D eigenvalue weighted by Gasteiger charge is 2.25.